The quantitative estimate of drug-likeness (QED) is 0.275. The zero-order valence-corrected chi connectivity index (χ0v) is 20.3. The third kappa shape index (κ3) is 7.31. The van der Waals surface area contributed by atoms with Crippen LogP contribution in [0.3, 0.4) is 0 Å². The molecule has 4 aromatic carbocycles. The van der Waals surface area contributed by atoms with Gasteiger partial charge in [0.15, 0.2) is 0 Å². The Morgan fingerprint density at radius 2 is 1.18 bits per heavy atom. The number of benzene rings is 4. The van der Waals surface area contributed by atoms with Crippen LogP contribution in [0, 0.1) is 34.3 Å². The van der Waals surface area contributed by atoms with Gasteiger partial charge in [-0.3, -0.25) is 4.79 Å². The van der Waals surface area contributed by atoms with E-state index in [0.717, 1.165) is 6.07 Å². The SMILES string of the molecule is N#Cc1ccc(-c2ccc(CC(=O)Oc3ccc(-c4ccc(C#N)cc4)c(F)c3)cc2F)cc1.NCCN. The topological polar surface area (TPSA) is 126 Å². The van der Waals surface area contributed by atoms with Crippen molar-refractivity contribution in [1.82, 2.24) is 0 Å². The van der Waals surface area contributed by atoms with E-state index in [0.29, 0.717) is 52.0 Å². The summed E-state index contributed by atoms with van der Waals surface area (Å²) in [5, 5.41) is 17.8. The highest BCUT2D eigenvalue weighted by atomic mass is 19.1. The molecule has 0 atom stereocenters. The Bertz CT molecular complexity index is 1380. The minimum absolute atomic E-state index is 0.0366. The Kier molecular flexibility index (Phi) is 9.79. The molecule has 0 aliphatic rings. The van der Waals surface area contributed by atoms with Gasteiger partial charge in [0.1, 0.15) is 17.4 Å². The van der Waals surface area contributed by atoms with Gasteiger partial charge in [0.2, 0.25) is 0 Å². The van der Waals surface area contributed by atoms with E-state index in [-0.39, 0.29) is 12.2 Å². The molecule has 4 aromatic rings. The number of rotatable bonds is 6. The molecule has 0 radical (unpaired) electrons. The summed E-state index contributed by atoms with van der Waals surface area (Å²) < 4.78 is 34.4. The van der Waals surface area contributed by atoms with Crippen LogP contribution in [0.15, 0.2) is 84.9 Å². The number of hydrogen-bond acceptors (Lipinski definition) is 6. The average molecular weight is 511 g/mol. The summed E-state index contributed by atoms with van der Waals surface area (Å²) in [6.07, 6.45) is -0.191. The molecule has 0 bridgehead atoms. The zero-order valence-electron chi connectivity index (χ0n) is 20.3. The van der Waals surface area contributed by atoms with Crippen molar-refractivity contribution in [3.63, 3.8) is 0 Å². The second kappa shape index (κ2) is 13.4. The maximum Gasteiger partial charge on any atom is 0.315 e. The van der Waals surface area contributed by atoms with E-state index in [1.54, 1.807) is 60.7 Å². The summed E-state index contributed by atoms with van der Waals surface area (Å²) in [5.74, 6) is -1.70. The highest BCUT2D eigenvalue weighted by Crippen LogP contribution is 2.27. The summed E-state index contributed by atoms with van der Waals surface area (Å²) in [4.78, 5) is 12.3. The Labute approximate surface area is 219 Å². The molecule has 0 fully saturated rings. The van der Waals surface area contributed by atoms with Gasteiger partial charge in [-0.25, -0.2) is 8.78 Å². The highest BCUT2D eigenvalue weighted by Gasteiger charge is 2.13. The number of nitriles is 2. The van der Waals surface area contributed by atoms with Crippen LogP contribution in [0.4, 0.5) is 8.78 Å². The molecule has 0 aliphatic heterocycles. The van der Waals surface area contributed by atoms with Gasteiger partial charge < -0.3 is 16.2 Å². The van der Waals surface area contributed by atoms with Crippen LogP contribution in [-0.2, 0) is 11.2 Å². The Hall–Kier alpha value is -4.89. The second-order valence-corrected chi connectivity index (χ2v) is 8.06. The molecule has 0 amide bonds. The molecular weight excluding hydrogens is 486 g/mol. The van der Waals surface area contributed by atoms with Gasteiger partial charge in [0, 0.05) is 30.3 Å². The second-order valence-electron chi connectivity index (χ2n) is 8.06. The first kappa shape index (κ1) is 27.7. The molecule has 0 heterocycles. The zero-order chi connectivity index (χ0) is 27.5. The van der Waals surface area contributed by atoms with Gasteiger partial charge in [-0.2, -0.15) is 10.5 Å². The van der Waals surface area contributed by atoms with Gasteiger partial charge in [0.05, 0.1) is 29.7 Å². The largest absolute Gasteiger partial charge is 0.426 e. The van der Waals surface area contributed by atoms with Gasteiger partial charge in [-0.05, 0) is 59.2 Å². The predicted octanol–water partition coefficient (Wildman–Crippen LogP) is 5.09. The molecule has 8 heteroatoms. The summed E-state index contributed by atoms with van der Waals surface area (Å²) in [7, 11) is 0. The summed E-state index contributed by atoms with van der Waals surface area (Å²) in [5.41, 5.74) is 13.0. The van der Waals surface area contributed by atoms with Crippen LogP contribution < -0.4 is 16.2 Å². The lowest BCUT2D eigenvalue weighted by molar-refractivity contribution is -0.133. The summed E-state index contributed by atoms with van der Waals surface area (Å²) in [6, 6.07) is 25.5. The molecule has 6 nitrogen and oxygen atoms in total. The average Bonchev–Trinajstić information content (AvgIpc) is 2.93. The van der Waals surface area contributed by atoms with Crippen LogP contribution in [0.5, 0.6) is 5.75 Å². The fraction of sp³-hybridized carbons (Fsp3) is 0.100. The number of nitrogens with zero attached hydrogens (tertiary/aromatic N) is 2. The number of halogens is 2. The van der Waals surface area contributed by atoms with E-state index in [4.69, 9.17) is 26.7 Å². The molecule has 0 saturated carbocycles. The van der Waals surface area contributed by atoms with Crippen molar-refractivity contribution in [1.29, 1.82) is 10.5 Å². The van der Waals surface area contributed by atoms with E-state index < -0.39 is 17.6 Å². The minimum atomic E-state index is -0.656. The monoisotopic (exact) mass is 510 g/mol. The lowest BCUT2D eigenvalue weighted by Gasteiger charge is -2.09. The third-order valence-electron chi connectivity index (χ3n) is 5.37. The van der Waals surface area contributed by atoms with Crippen molar-refractivity contribution in [2.45, 2.75) is 6.42 Å². The van der Waals surface area contributed by atoms with E-state index >= 15 is 0 Å². The van der Waals surface area contributed by atoms with E-state index in [1.807, 2.05) is 12.1 Å². The summed E-state index contributed by atoms with van der Waals surface area (Å²) >= 11 is 0. The van der Waals surface area contributed by atoms with Gasteiger partial charge >= 0.3 is 5.97 Å². The fourth-order valence-electron chi connectivity index (χ4n) is 3.48. The molecule has 0 spiro atoms. The number of nitrogens with two attached hydrogens (primary N) is 2. The van der Waals surface area contributed by atoms with Crippen molar-refractivity contribution in [2.75, 3.05) is 13.1 Å². The standard InChI is InChI=1S/C28H16F2N2O2.C2H8N2/c29-26-13-20(5-11-24(26)21-6-1-18(16-31)2-7-21)14-28(33)34-23-10-12-25(27(30)15-23)22-8-3-19(17-32)4-9-22;3-1-2-4/h1-13,15H,14H2;1-4H2. The van der Waals surface area contributed by atoms with Crippen LogP contribution in [0.2, 0.25) is 0 Å². The molecule has 4 rings (SSSR count). The first-order valence-corrected chi connectivity index (χ1v) is 11.6. The lowest BCUT2D eigenvalue weighted by atomic mass is 10.0. The molecule has 0 aliphatic carbocycles. The number of ether oxygens (including phenoxy) is 1. The van der Waals surface area contributed by atoms with Crippen molar-refractivity contribution in [3.8, 4) is 40.1 Å². The minimum Gasteiger partial charge on any atom is -0.426 e. The lowest BCUT2D eigenvalue weighted by Crippen LogP contribution is -2.11. The first-order valence-electron chi connectivity index (χ1n) is 11.6. The van der Waals surface area contributed by atoms with Crippen LogP contribution in [-0.4, -0.2) is 19.1 Å². The maximum absolute atomic E-state index is 14.6. The number of esters is 1. The van der Waals surface area contributed by atoms with Gasteiger partial charge in [-0.15, -0.1) is 0 Å². The molecule has 0 aromatic heterocycles. The van der Waals surface area contributed by atoms with E-state index in [2.05, 4.69) is 0 Å². The molecule has 0 unspecified atom stereocenters. The molecule has 190 valence electrons. The van der Waals surface area contributed by atoms with Crippen molar-refractivity contribution < 1.29 is 18.3 Å². The van der Waals surface area contributed by atoms with Gasteiger partial charge in [-0.1, -0.05) is 36.4 Å². The molecule has 38 heavy (non-hydrogen) atoms. The van der Waals surface area contributed by atoms with Crippen LogP contribution >= 0.6 is 0 Å². The normalized spacial score (nSPS) is 9.95. The Balaban J connectivity index is 0.000000934. The van der Waals surface area contributed by atoms with Gasteiger partial charge in [0.25, 0.3) is 0 Å². The van der Waals surface area contributed by atoms with E-state index in [1.165, 1.54) is 18.2 Å². The predicted molar refractivity (Wildman–Crippen MR) is 141 cm³/mol. The Morgan fingerprint density at radius 3 is 1.61 bits per heavy atom. The Morgan fingerprint density at radius 1 is 0.711 bits per heavy atom. The molecular formula is C30H24F2N4O2. The van der Waals surface area contributed by atoms with Crippen molar-refractivity contribution in [3.05, 3.63) is 113 Å². The number of carbonyl (C=O) groups is 1. The smallest absolute Gasteiger partial charge is 0.315 e. The number of carbonyl (C=O) groups excluding carboxylic acids is 1. The van der Waals surface area contributed by atoms with Crippen LogP contribution in [0.25, 0.3) is 22.3 Å². The summed E-state index contributed by atoms with van der Waals surface area (Å²) in [6.45, 7) is 1.19. The van der Waals surface area contributed by atoms with Crippen LogP contribution in [0.1, 0.15) is 16.7 Å². The maximum atomic E-state index is 14.6. The fourth-order valence-corrected chi connectivity index (χ4v) is 3.48. The highest BCUT2D eigenvalue weighted by molar-refractivity contribution is 5.76. The first-order chi connectivity index (χ1) is 18.4. The number of hydrogen-bond donors (Lipinski definition) is 2. The van der Waals surface area contributed by atoms with Crippen molar-refractivity contribution >= 4 is 5.97 Å². The molecule has 4 N–H and O–H groups in total. The third-order valence-corrected chi connectivity index (χ3v) is 5.37. The molecule has 0 saturated heterocycles. The van der Waals surface area contributed by atoms with Crippen molar-refractivity contribution in [2.24, 2.45) is 11.5 Å². The van der Waals surface area contributed by atoms with E-state index in [9.17, 15) is 13.6 Å².